The number of hydrogen-bond donors (Lipinski definition) is 0. The summed E-state index contributed by atoms with van der Waals surface area (Å²) in [5.74, 6) is 0.400. The van der Waals surface area contributed by atoms with Crippen molar-refractivity contribution in [1.29, 1.82) is 0 Å². The summed E-state index contributed by atoms with van der Waals surface area (Å²) in [5, 5.41) is 4.02. The van der Waals surface area contributed by atoms with Crippen molar-refractivity contribution in [2.75, 3.05) is 25.6 Å². The standard InChI is InChI=1S/C12H20ClN3O3S/c1-2-19-11-4-3-6-16(9-11)20(17,18)12-8-14-15(10-12)7-5-13/h8,10-11H,2-7,9H2,1H3. The van der Waals surface area contributed by atoms with E-state index >= 15 is 0 Å². The number of hydrogen-bond acceptors (Lipinski definition) is 4. The van der Waals surface area contributed by atoms with Gasteiger partial charge < -0.3 is 4.74 Å². The predicted molar refractivity (Wildman–Crippen MR) is 76.4 cm³/mol. The van der Waals surface area contributed by atoms with Crippen molar-refractivity contribution >= 4 is 21.6 Å². The van der Waals surface area contributed by atoms with Gasteiger partial charge in [0.15, 0.2) is 0 Å². The normalized spacial score (nSPS) is 21.2. The van der Waals surface area contributed by atoms with Gasteiger partial charge in [0.2, 0.25) is 10.0 Å². The molecule has 2 heterocycles. The van der Waals surface area contributed by atoms with Crippen LogP contribution >= 0.6 is 11.6 Å². The fourth-order valence-electron chi connectivity index (χ4n) is 2.33. The molecule has 0 amide bonds. The zero-order valence-corrected chi connectivity index (χ0v) is 13.1. The molecule has 0 aromatic carbocycles. The SMILES string of the molecule is CCOC1CCCN(S(=O)(=O)c2cnn(CCCl)c2)C1. The molecule has 0 aliphatic carbocycles. The summed E-state index contributed by atoms with van der Waals surface area (Å²) in [5.41, 5.74) is 0. The molecule has 1 fully saturated rings. The van der Waals surface area contributed by atoms with Crippen molar-refractivity contribution in [3.8, 4) is 0 Å². The molecule has 1 aliphatic rings. The predicted octanol–water partition coefficient (Wildman–Crippen LogP) is 1.31. The minimum Gasteiger partial charge on any atom is -0.377 e. The summed E-state index contributed by atoms with van der Waals surface area (Å²) in [6.45, 7) is 3.97. The number of rotatable bonds is 6. The van der Waals surface area contributed by atoms with Gasteiger partial charge >= 0.3 is 0 Å². The van der Waals surface area contributed by atoms with Crippen molar-refractivity contribution in [1.82, 2.24) is 14.1 Å². The summed E-state index contributed by atoms with van der Waals surface area (Å²) >= 11 is 5.62. The highest BCUT2D eigenvalue weighted by Gasteiger charge is 2.31. The molecule has 1 aliphatic heterocycles. The van der Waals surface area contributed by atoms with E-state index in [1.807, 2.05) is 6.92 Å². The van der Waals surface area contributed by atoms with Gasteiger partial charge in [-0.05, 0) is 19.8 Å². The highest BCUT2D eigenvalue weighted by atomic mass is 35.5. The van der Waals surface area contributed by atoms with Crippen LogP contribution in [0.15, 0.2) is 17.3 Å². The lowest BCUT2D eigenvalue weighted by Crippen LogP contribution is -2.43. The van der Waals surface area contributed by atoms with E-state index in [1.165, 1.54) is 16.7 Å². The number of sulfonamides is 1. The van der Waals surface area contributed by atoms with Crippen LogP contribution in [0.4, 0.5) is 0 Å². The maximum atomic E-state index is 12.5. The fourth-order valence-corrected chi connectivity index (χ4v) is 3.97. The van der Waals surface area contributed by atoms with Crippen molar-refractivity contribution in [3.05, 3.63) is 12.4 Å². The summed E-state index contributed by atoms with van der Waals surface area (Å²) in [6, 6.07) is 0. The smallest absolute Gasteiger partial charge is 0.246 e. The number of alkyl halides is 1. The number of piperidine rings is 1. The lowest BCUT2D eigenvalue weighted by molar-refractivity contribution is 0.0265. The van der Waals surface area contributed by atoms with Crippen molar-refractivity contribution in [2.45, 2.75) is 37.3 Å². The first-order valence-corrected chi connectivity index (χ1v) is 8.75. The van der Waals surface area contributed by atoms with Gasteiger partial charge in [-0.2, -0.15) is 9.40 Å². The average Bonchev–Trinajstić information content (AvgIpc) is 2.89. The molecular formula is C12H20ClN3O3S. The van der Waals surface area contributed by atoms with E-state index in [1.54, 1.807) is 4.68 Å². The summed E-state index contributed by atoms with van der Waals surface area (Å²) < 4.78 is 33.7. The molecule has 6 nitrogen and oxygen atoms in total. The minimum atomic E-state index is -3.48. The molecule has 0 bridgehead atoms. The number of aryl methyl sites for hydroxylation is 1. The molecule has 2 rings (SSSR count). The first-order chi connectivity index (χ1) is 9.57. The third kappa shape index (κ3) is 3.52. The van der Waals surface area contributed by atoms with Crippen LogP contribution in [-0.2, 0) is 21.3 Å². The van der Waals surface area contributed by atoms with Crippen LogP contribution in [0, 0.1) is 0 Å². The highest BCUT2D eigenvalue weighted by molar-refractivity contribution is 7.89. The molecular weight excluding hydrogens is 302 g/mol. The number of halogens is 1. The van der Waals surface area contributed by atoms with Crippen LogP contribution in [0.1, 0.15) is 19.8 Å². The van der Waals surface area contributed by atoms with Crippen LogP contribution < -0.4 is 0 Å². The average molecular weight is 322 g/mol. The Morgan fingerprint density at radius 3 is 3.05 bits per heavy atom. The molecule has 8 heteroatoms. The van der Waals surface area contributed by atoms with E-state index in [0.29, 0.717) is 32.1 Å². The molecule has 0 saturated carbocycles. The number of ether oxygens (including phenoxy) is 1. The molecule has 1 unspecified atom stereocenters. The second-order valence-corrected chi connectivity index (χ2v) is 7.03. The van der Waals surface area contributed by atoms with Crippen LogP contribution in [0.3, 0.4) is 0 Å². The van der Waals surface area contributed by atoms with Gasteiger partial charge in [0.25, 0.3) is 0 Å². The van der Waals surface area contributed by atoms with Crippen LogP contribution in [0.25, 0.3) is 0 Å². The quantitative estimate of drug-likeness (QED) is 0.741. The van der Waals surface area contributed by atoms with Crippen LogP contribution in [0.5, 0.6) is 0 Å². The Bertz CT molecular complexity index is 530. The molecule has 0 N–H and O–H groups in total. The Morgan fingerprint density at radius 2 is 2.35 bits per heavy atom. The van der Waals surface area contributed by atoms with Gasteiger partial charge in [0, 0.05) is 31.8 Å². The van der Waals surface area contributed by atoms with Gasteiger partial charge in [-0.3, -0.25) is 4.68 Å². The topological polar surface area (TPSA) is 64.4 Å². The summed E-state index contributed by atoms with van der Waals surface area (Å²) in [4.78, 5) is 0.222. The van der Waals surface area contributed by atoms with Gasteiger partial charge in [0.1, 0.15) is 4.90 Å². The zero-order valence-electron chi connectivity index (χ0n) is 11.5. The fraction of sp³-hybridized carbons (Fsp3) is 0.750. The molecule has 20 heavy (non-hydrogen) atoms. The van der Waals surface area contributed by atoms with E-state index in [4.69, 9.17) is 16.3 Å². The maximum absolute atomic E-state index is 12.5. The largest absolute Gasteiger partial charge is 0.377 e. The lowest BCUT2D eigenvalue weighted by Gasteiger charge is -2.31. The van der Waals surface area contributed by atoms with Gasteiger partial charge in [-0.15, -0.1) is 11.6 Å². The van der Waals surface area contributed by atoms with Gasteiger partial charge in [0.05, 0.1) is 18.8 Å². The van der Waals surface area contributed by atoms with Crippen LogP contribution in [-0.4, -0.2) is 54.2 Å². The molecule has 0 spiro atoms. The monoisotopic (exact) mass is 321 g/mol. The van der Waals surface area contributed by atoms with E-state index in [9.17, 15) is 8.42 Å². The van der Waals surface area contributed by atoms with Gasteiger partial charge in [-0.25, -0.2) is 8.42 Å². The van der Waals surface area contributed by atoms with E-state index in [2.05, 4.69) is 5.10 Å². The summed E-state index contributed by atoms with van der Waals surface area (Å²) in [7, 11) is -3.48. The van der Waals surface area contributed by atoms with E-state index in [0.717, 1.165) is 12.8 Å². The molecule has 1 aromatic heterocycles. The van der Waals surface area contributed by atoms with Gasteiger partial charge in [-0.1, -0.05) is 0 Å². The second-order valence-electron chi connectivity index (χ2n) is 4.71. The molecule has 0 radical (unpaired) electrons. The third-order valence-corrected chi connectivity index (χ3v) is 5.29. The highest BCUT2D eigenvalue weighted by Crippen LogP contribution is 2.21. The lowest BCUT2D eigenvalue weighted by atomic mass is 10.1. The first-order valence-electron chi connectivity index (χ1n) is 6.78. The Morgan fingerprint density at radius 1 is 1.55 bits per heavy atom. The molecule has 1 aromatic rings. The van der Waals surface area contributed by atoms with Crippen LogP contribution in [0.2, 0.25) is 0 Å². The molecule has 114 valence electrons. The Kier molecular flexibility index (Phi) is 5.42. The first kappa shape index (κ1) is 15.8. The number of aromatic nitrogens is 2. The van der Waals surface area contributed by atoms with E-state index in [-0.39, 0.29) is 11.0 Å². The Hall–Kier alpha value is -0.630. The number of nitrogens with zero attached hydrogens (tertiary/aromatic N) is 3. The molecule has 1 atom stereocenters. The minimum absolute atomic E-state index is 0.0126. The van der Waals surface area contributed by atoms with Crippen molar-refractivity contribution in [3.63, 3.8) is 0 Å². The Labute approximate surface area is 124 Å². The summed E-state index contributed by atoms with van der Waals surface area (Å²) in [6.07, 6.45) is 4.63. The molecule has 1 saturated heterocycles. The maximum Gasteiger partial charge on any atom is 0.246 e. The second kappa shape index (κ2) is 6.89. The van der Waals surface area contributed by atoms with Crippen molar-refractivity contribution in [2.24, 2.45) is 0 Å². The van der Waals surface area contributed by atoms with Crippen molar-refractivity contribution < 1.29 is 13.2 Å². The Balaban J connectivity index is 2.12. The van der Waals surface area contributed by atoms with E-state index < -0.39 is 10.0 Å². The third-order valence-electron chi connectivity index (χ3n) is 3.30. The zero-order chi connectivity index (χ0) is 14.6.